The fourth-order valence-electron chi connectivity index (χ4n) is 3.37. The van der Waals surface area contributed by atoms with Crippen molar-refractivity contribution < 1.29 is 14.3 Å². The molecule has 1 N–H and O–H groups in total. The van der Waals surface area contributed by atoms with Crippen LogP contribution in [0.3, 0.4) is 0 Å². The number of fused-ring (bicyclic) bond motifs is 1. The van der Waals surface area contributed by atoms with Crippen LogP contribution in [0, 0.1) is 6.92 Å². The van der Waals surface area contributed by atoms with Crippen LogP contribution in [0.2, 0.25) is 0 Å². The van der Waals surface area contributed by atoms with Gasteiger partial charge in [0, 0.05) is 18.0 Å². The van der Waals surface area contributed by atoms with E-state index in [0.717, 1.165) is 28.2 Å². The van der Waals surface area contributed by atoms with Gasteiger partial charge in [-0.05, 0) is 62.7 Å². The van der Waals surface area contributed by atoms with Crippen LogP contribution in [-0.4, -0.2) is 28.0 Å². The molecule has 0 aliphatic carbocycles. The number of para-hydroxylation sites is 1. The maximum Gasteiger partial charge on any atom is 0.265 e. The van der Waals surface area contributed by atoms with Crippen molar-refractivity contribution in [3.63, 3.8) is 0 Å². The van der Waals surface area contributed by atoms with Crippen LogP contribution in [0.5, 0.6) is 11.5 Å². The highest BCUT2D eigenvalue weighted by Gasteiger charge is 2.18. The second-order valence-electron chi connectivity index (χ2n) is 7.25. The number of nitrogens with zero attached hydrogens (tertiary/aromatic N) is 2. The largest absolute Gasteiger partial charge is 0.494 e. The molecule has 2 heterocycles. The molecule has 4 rings (SSSR count). The standard InChI is InChI=1S/C25H25N3O3/c1-4-30-19-11-13-20(14-12-19)31-18(3)25(29)27-22-10-6-5-9-21(22)23-16-28-15-7-8-17(2)24(28)26-23/h5-16,18H,4H2,1-3H3,(H,27,29). The Bertz CT molecular complexity index is 1200. The number of aryl methyl sites for hydroxylation is 1. The fourth-order valence-corrected chi connectivity index (χ4v) is 3.37. The summed E-state index contributed by atoms with van der Waals surface area (Å²) in [6, 6.07) is 18.9. The number of hydrogen-bond acceptors (Lipinski definition) is 4. The van der Waals surface area contributed by atoms with E-state index in [4.69, 9.17) is 14.5 Å². The van der Waals surface area contributed by atoms with Gasteiger partial charge in [-0.15, -0.1) is 0 Å². The third kappa shape index (κ3) is 4.53. The zero-order valence-electron chi connectivity index (χ0n) is 17.8. The minimum Gasteiger partial charge on any atom is -0.494 e. The average molecular weight is 415 g/mol. The lowest BCUT2D eigenvalue weighted by Crippen LogP contribution is -2.30. The van der Waals surface area contributed by atoms with Gasteiger partial charge in [0.2, 0.25) is 0 Å². The van der Waals surface area contributed by atoms with E-state index < -0.39 is 6.10 Å². The quantitative estimate of drug-likeness (QED) is 0.455. The van der Waals surface area contributed by atoms with E-state index in [0.29, 0.717) is 18.0 Å². The number of aromatic nitrogens is 2. The Balaban J connectivity index is 1.51. The van der Waals surface area contributed by atoms with Crippen molar-refractivity contribution in [3.8, 4) is 22.8 Å². The highest BCUT2D eigenvalue weighted by molar-refractivity contribution is 5.97. The fraction of sp³-hybridized carbons (Fsp3) is 0.200. The van der Waals surface area contributed by atoms with Crippen molar-refractivity contribution in [1.29, 1.82) is 0 Å². The van der Waals surface area contributed by atoms with Crippen molar-refractivity contribution in [2.24, 2.45) is 0 Å². The highest BCUT2D eigenvalue weighted by atomic mass is 16.5. The molecular weight excluding hydrogens is 390 g/mol. The van der Waals surface area contributed by atoms with Gasteiger partial charge in [-0.25, -0.2) is 4.98 Å². The molecule has 0 aliphatic heterocycles. The SMILES string of the molecule is CCOc1ccc(OC(C)C(=O)Nc2ccccc2-c2cn3cccc(C)c3n2)cc1. The predicted molar refractivity (Wildman–Crippen MR) is 122 cm³/mol. The van der Waals surface area contributed by atoms with Gasteiger partial charge in [-0.1, -0.05) is 24.3 Å². The number of rotatable bonds is 7. The zero-order valence-corrected chi connectivity index (χ0v) is 17.8. The molecule has 0 radical (unpaired) electrons. The minimum absolute atomic E-state index is 0.235. The summed E-state index contributed by atoms with van der Waals surface area (Å²) in [5.74, 6) is 1.14. The first-order valence-electron chi connectivity index (χ1n) is 10.3. The number of benzene rings is 2. The van der Waals surface area contributed by atoms with E-state index in [1.54, 1.807) is 19.1 Å². The van der Waals surface area contributed by atoms with Gasteiger partial charge in [0.05, 0.1) is 18.0 Å². The monoisotopic (exact) mass is 415 g/mol. The molecule has 0 bridgehead atoms. The van der Waals surface area contributed by atoms with Crippen molar-refractivity contribution >= 4 is 17.2 Å². The molecule has 6 heteroatoms. The second-order valence-corrected chi connectivity index (χ2v) is 7.25. The first kappa shape index (κ1) is 20.5. The summed E-state index contributed by atoms with van der Waals surface area (Å²) >= 11 is 0. The summed E-state index contributed by atoms with van der Waals surface area (Å²) in [5, 5.41) is 2.98. The van der Waals surface area contributed by atoms with Crippen molar-refractivity contribution in [2.75, 3.05) is 11.9 Å². The van der Waals surface area contributed by atoms with Gasteiger partial charge >= 0.3 is 0 Å². The Morgan fingerprint density at radius 3 is 2.55 bits per heavy atom. The number of pyridine rings is 1. The van der Waals surface area contributed by atoms with E-state index >= 15 is 0 Å². The first-order valence-corrected chi connectivity index (χ1v) is 10.3. The number of carbonyl (C=O) groups is 1. The lowest BCUT2D eigenvalue weighted by molar-refractivity contribution is -0.122. The van der Waals surface area contributed by atoms with E-state index in [1.165, 1.54) is 0 Å². The molecule has 31 heavy (non-hydrogen) atoms. The Labute approximate surface area is 181 Å². The van der Waals surface area contributed by atoms with Crippen LogP contribution in [0.1, 0.15) is 19.4 Å². The summed E-state index contributed by atoms with van der Waals surface area (Å²) in [4.78, 5) is 17.6. The van der Waals surface area contributed by atoms with Crippen LogP contribution >= 0.6 is 0 Å². The molecule has 1 atom stereocenters. The summed E-state index contributed by atoms with van der Waals surface area (Å²) in [6.45, 7) is 6.29. The van der Waals surface area contributed by atoms with Crippen LogP contribution in [0.15, 0.2) is 73.1 Å². The van der Waals surface area contributed by atoms with Crippen molar-refractivity contribution in [2.45, 2.75) is 26.9 Å². The highest BCUT2D eigenvalue weighted by Crippen LogP contribution is 2.28. The van der Waals surface area contributed by atoms with Gasteiger partial charge in [0.25, 0.3) is 5.91 Å². The van der Waals surface area contributed by atoms with E-state index in [1.807, 2.05) is 79.2 Å². The number of imidazole rings is 1. The molecule has 0 saturated heterocycles. The molecule has 0 spiro atoms. The molecular formula is C25H25N3O3. The molecule has 0 fully saturated rings. The van der Waals surface area contributed by atoms with Crippen LogP contribution in [-0.2, 0) is 4.79 Å². The smallest absolute Gasteiger partial charge is 0.265 e. The topological polar surface area (TPSA) is 64.9 Å². The van der Waals surface area contributed by atoms with Crippen molar-refractivity contribution in [3.05, 3.63) is 78.6 Å². The van der Waals surface area contributed by atoms with Crippen molar-refractivity contribution in [1.82, 2.24) is 9.38 Å². The molecule has 158 valence electrons. The Morgan fingerprint density at radius 2 is 1.81 bits per heavy atom. The predicted octanol–water partition coefficient (Wildman–Crippen LogP) is 5.11. The average Bonchev–Trinajstić information content (AvgIpc) is 3.21. The maximum absolute atomic E-state index is 12.8. The molecule has 2 aromatic carbocycles. The third-order valence-corrected chi connectivity index (χ3v) is 4.96. The molecule has 0 aliphatic rings. The number of amides is 1. The number of hydrogen-bond donors (Lipinski definition) is 1. The Morgan fingerprint density at radius 1 is 1.06 bits per heavy atom. The lowest BCUT2D eigenvalue weighted by Gasteiger charge is -2.16. The van der Waals surface area contributed by atoms with E-state index in [9.17, 15) is 4.79 Å². The van der Waals surface area contributed by atoms with Gasteiger partial charge in [-0.3, -0.25) is 4.79 Å². The summed E-state index contributed by atoms with van der Waals surface area (Å²) in [7, 11) is 0. The Kier molecular flexibility index (Phi) is 5.89. The molecule has 1 unspecified atom stereocenters. The molecule has 2 aromatic heterocycles. The second kappa shape index (κ2) is 8.92. The molecule has 0 saturated carbocycles. The van der Waals surface area contributed by atoms with Gasteiger partial charge < -0.3 is 19.2 Å². The summed E-state index contributed by atoms with van der Waals surface area (Å²) < 4.78 is 13.2. The van der Waals surface area contributed by atoms with Gasteiger partial charge in [0.1, 0.15) is 17.1 Å². The van der Waals surface area contributed by atoms with Crippen LogP contribution < -0.4 is 14.8 Å². The van der Waals surface area contributed by atoms with Crippen LogP contribution in [0.4, 0.5) is 5.69 Å². The third-order valence-electron chi connectivity index (χ3n) is 4.96. The first-order chi connectivity index (χ1) is 15.0. The normalized spacial score (nSPS) is 11.8. The van der Waals surface area contributed by atoms with Gasteiger partial charge in [-0.2, -0.15) is 0 Å². The maximum atomic E-state index is 12.8. The summed E-state index contributed by atoms with van der Waals surface area (Å²) in [6.07, 6.45) is 3.26. The zero-order chi connectivity index (χ0) is 21.8. The molecule has 6 nitrogen and oxygen atoms in total. The molecule has 1 amide bonds. The van der Waals surface area contributed by atoms with E-state index in [-0.39, 0.29) is 5.91 Å². The number of anilines is 1. The summed E-state index contributed by atoms with van der Waals surface area (Å²) in [5.41, 5.74) is 4.33. The van der Waals surface area contributed by atoms with Gasteiger partial charge in [0.15, 0.2) is 6.10 Å². The van der Waals surface area contributed by atoms with Crippen LogP contribution in [0.25, 0.3) is 16.9 Å². The minimum atomic E-state index is -0.672. The number of nitrogens with one attached hydrogen (secondary N) is 1. The number of carbonyl (C=O) groups excluding carboxylic acids is 1. The Hall–Kier alpha value is -3.80. The number of ether oxygens (including phenoxy) is 2. The lowest BCUT2D eigenvalue weighted by atomic mass is 10.1. The van der Waals surface area contributed by atoms with E-state index in [2.05, 4.69) is 5.32 Å². The molecule has 4 aromatic rings.